The van der Waals surface area contributed by atoms with Crippen molar-refractivity contribution in [2.24, 2.45) is 0 Å². The van der Waals surface area contributed by atoms with E-state index in [1.807, 2.05) is 18.0 Å². The van der Waals surface area contributed by atoms with Gasteiger partial charge in [-0.1, -0.05) is 6.07 Å². The van der Waals surface area contributed by atoms with E-state index in [-0.39, 0.29) is 11.9 Å². The molecule has 94 valence electrons. The Balaban J connectivity index is 1.90. The molecule has 0 saturated carbocycles. The molecule has 2 atom stereocenters. The number of hydrogen-bond acceptors (Lipinski definition) is 3. The predicted octanol–water partition coefficient (Wildman–Crippen LogP) is 2.41. The molecule has 1 amide bonds. The zero-order valence-corrected chi connectivity index (χ0v) is 11.3. The molecule has 0 aromatic carbocycles. The number of thiophene rings is 1. The second kappa shape index (κ2) is 5.65. The fourth-order valence-electron chi connectivity index (χ4n) is 2.22. The summed E-state index contributed by atoms with van der Waals surface area (Å²) in [6.45, 7) is 3.15. The fourth-order valence-corrected chi connectivity index (χ4v) is 3.05. The summed E-state index contributed by atoms with van der Waals surface area (Å²) in [6, 6.07) is 4.70. The highest BCUT2D eigenvalue weighted by atomic mass is 32.1. The van der Waals surface area contributed by atoms with E-state index in [0.29, 0.717) is 12.5 Å². The first-order valence-electron chi connectivity index (χ1n) is 6.21. The first-order valence-corrected chi connectivity index (χ1v) is 7.09. The van der Waals surface area contributed by atoms with Crippen LogP contribution in [0.15, 0.2) is 17.5 Å². The van der Waals surface area contributed by atoms with Gasteiger partial charge in [-0.2, -0.15) is 0 Å². The zero-order chi connectivity index (χ0) is 12.3. The molecule has 1 saturated heterocycles. The largest absolute Gasteiger partial charge is 0.338 e. The average molecular weight is 252 g/mol. The minimum atomic E-state index is 0.184. The van der Waals surface area contributed by atoms with Gasteiger partial charge in [-0.05, 0) is 37.8 Å². The molecule has 1 N–H and O–H groups in total. The highest BCUT2D eigenvalue weighted by Crippen LogP contribution is 2.24. The number of rotatable bonds is 4. The monoisotopic (exact) mass is 252 g/mol. The van der Waals surface area contributed by atoms with Gasteiger partial charge in [-0.15, -0.1) is 11.3 Å². The Morgan fingerprint density at radius 2 is 2.53 bits per heavy atom. The molecule has 3 nitrogen and oxygen atoms in total. The Kier molecular flexibility index (Phi) is 4.18. The summed E-state index contributed by atoms with van der Waals surface area (Å²) in [5.74, 6) is 0.241. The molecule has 2 rings (SSSR count). The lowest BCUT2D eigenvalue weighted by atomic mass is 10.1. The zero-order valence-electron chi connectivity index (χ0n) is 10.5. The number of hydrogen-bond donors (Lipinski definition) is 1. The van der Waals surface area contributed by atoms with Crippen LogP contribution in [0.4, 0.5) is 0 Å². The number of nitrogens with one attached hydrogen (secondary N) is 1. The molecule has 0 aliphatic carbocycles. The van der Waals surface area contributed by atoms with Crippen LogP contribution in [-0.2, 0) is 4.79 Å². The topological polar surface area (TPSA) is 32.3 Å². The Morgan fingerprint density at radius 1 is 1.71 bits per heavy atom. The van der Waals surface area contributed by atoms with Crippen molar-refractivity contribution >= 4 is 17.2 Å². The van der Waals surface area contributed by atoms with Crippen molar-refractivity contribution in [3.05, 3.63) is 22.4 Å². The van der Waals surface area contributed by atoms with E-state index in [1.54, 1.807) is 11.3 Å². The van der Waals surface area contributed by atoms with E-state index in [4.69, 9.17) is 0 Å². The summed E-state index contributed by atoms with van der Waals surface area (Å²) >= 11 is 1.71. The summed E-state index contributed by atoms with van der Waals surface area (Å²) in [5, 5.41) is 5.43. The Bertz CT molecular complexity index is 358. The SMILES string of the molecule is CC(c1cccs1)N(C)C(=O)CC1CCCN1. The fraction of sp³-hybridized carbons (Fsp3) is 0.615. The first-order chi connectivity index (χ1) is 8.18. The van der Waals surface area contributed by atoms with Crippen LogP contribution in [-0.4, -0.2) is 30.4 Å². The Hall–Kier alpha value is -0.870. The number of nitrogens with zero attached hydrogens (tertiary/aromatic N) is 1. The van der Waals surface area contributed by atoms with Crippen molar-refractivity contribution in [3.8, 4) is 0 Å². The van der Waals surface area contributed by atoms with Crippen molar-refractivity contribution in [2.45, 2.75) is 38.3 Å². The summed E-state index contributed by atoms with van der Waals surface area (Å²) in [5.41, 5.74) is 0. The molecular weight excluding hydrogens is 232 g/mol. The lowest BCUT2D eigenvalue weighted by molar-refractivity contribution is -0.132. The molecule has 1 fully saturated rings. The van der Waals surface area contributed by atoms with E-state index < -0.39 is 0 Å². The predicted molar refractivity (Wildman–Crippen MR) is 71.1 cm³/mol. The van der Waals surface area contributed by atoms with Gasteiger partial charge in [0.25, 0.3) is 0 Å². The summed E-state index contributed by atoms with van der Waals surface area (Å²) in [7, 11) is 1.90. The standard InChI is InChI=1S/C13H20N2OS/c1-10(12-6-4-8-17-12)15(2)13(16)9-11-5-3-7-14-11/h4,6,8,10-11,14H,3,5,7,9H2,1-2H3. The van der Waals surface area contributed by atoms with Gasteiger partial charge in [0.15, 0.2) is 0 Å². The molecule has 1 aliphatic rings. The second-order valence-corrected chi connectivity index (χ2v) is 5.67. The number of carbonyl (C=O) groups excluding carboxylic acids is 1. The average Bonchev–Trinajstić information content (AvgIpc) is 2.99. The van der Waals surface area contributed by atoms with Crippen LogP contribution in [0.1, 0.15) is 37.1 Å². The van der Waals surface area contributed by atoms with Crippen molar-refractivity contribution in [2.75, 3.05) is 13.6 Å². The van der Waals surface area contributed by atoms with E-state index in [0.717, 1.165) is 13.0 Å². The molecule has 2 heterocycles. The lowest BCUT2D eigenvalue weighted by Gasteiger charge is -2.25. The summed E-state index contributed by atoms with van der Waals surface area (Å²) in [4.78, 5) is 15.2. The minimum absolute atomic E-state index is 0.184. The van der Waals surface area contributed by atoms with Crippen LogP contribution >= 0.6 is 11.3 Å². The molecule has 1 aliphatic heterocycles. The molecule has 4 heteroatoms. The molecule has 0 bridgehead atoms. The molecular formula is C13H20N2OS. The molecule has 17 heavy (non-hydrogen) atoms. The molecule has 0 radical (unpaired) electrons. The normalized spacial score (nSPS) is 21.4. The quantitative estimate of drug-likeness (QED) is 0.892. The van der Waals surface area contributed by atoms with Gasteiger partial charge in [0.1, 0.15) is 0 Å². The van der Waals surface area contributed by atoms with E-state index in [9.17, 15) is 4.79 Å². The lowest BCUT2D eigenvalue weighted by Crippen LogP contribution is -2.34. The summed E-state index contributed by atoms with van der Waals surface area (Å²) < 4.78 is 0. The van der Waals surface area contributed by atoms with Crippen molar-refractivity contribution in [1.29, 1.82) is 0 Å². The van der Waals surface area contributed by atoms with Gasteiger partial charge in [0.05, 0.1) is 6.04 Å². The smallest absolute Gasteiger partial charge is 0.224 e. The minimum Gasteiger partial charge on any atom is -0.338 e. The van der Waals surface area contributed by atoms with Crippen LogP contribution in [0.5, 0.6) is 0 Å². The van der Waals surface area contributed by atoms with Gasteiger partial charge in [0.2, 0.25) is 5.91 Å². The van der Waals surface area contributed by atoms with Gasteiger partial charge in [-0.25, -0.2) is 0 Å². The van der Waals surface area contributed by atoms with Gasteiger partial charge >= 0.3 is 0 Å². The van der Waals surface area contributed by atoms with Crippen LogP contribution in [0.3, 0.4) is 0 Å². The number of amides is 1. The Morgan fingerprint density at radius 3 is 3.12 bits per heavy atom. The van der Waals surface area contributed by atoms with E-state index >= 15 is 0 Å². The van der Waals surface area contributed by atoms with Crippen LogP contribution in [0.2, 0.25) is 0 Å². The van der Waals surface area contributed by atoms with Gasteiger partial charge in [0, 0.05) is 24.4 Å². The maximum atomic E-state index is 12.1. The third kappa shape index (κ3) is 3.07. The first kappa shape index (κ1) is 12.6. The van der Waals surface area contributed by atoms with Crippen molar-refractivity contribution < 1.29 is 4.79 Å². The highest BCUT2D eigenvalue weighted by Gasteiger charge is 2.23. The molecule has 2 unspecified atom stereocenters. The van der Waals surface area contributed by atoms with Crippen molar-refractivity contribution in [1.82, 2.24) is 10.2 Å². The van der Waals surface area contributed by atoms with Crippen LogP contribution in [0, 0.1) is 0 Å². The maximum Gasteiger partial charge on any atom is 0.224 e. The van der Waals surface area contributed by atoms with E-state index in [2.05, 4.69) is 23.7 Å². The van der Waals surface area contributed by atoms with Gasteiger partial charge < -0.3 is 10.2 Å². The van der Waals surface area contributed by atoms with Gasteiger partial charge in [-0.3, -0.25) is 4.79 Å². The van der Waals surface area contributed by atoms with Crippen LogP contribution < -0.4 is 5.32 Å². The number of carbonyl (C=O) groups is 1. The molecule has 1 aromatic rings. The highest BCUT2D eigenvalue weighted by molar-refractivity contribution is 7.10. The third-order valence-corrected chi connectivity index (χ3v) is 4.56. The maximum absolute atomic E-state index is 12.1. The van der Waals surface area contributed by atoms with E-state index in [1.165, 1.54) is 11.3 Å². The van der Waals surface area contributed by atoms with Crippen LogP contribution in [0.25, 0.3) is 0 Å². The third-order valence-electron chi connectivity index (χ3n) is 3.51. The van der Waals surface area contributed by atoms with Crippen molar-refractivity contribution in [3.63, 3.8) is 0 Å². The summed E-state index contributed by atoms with van der Waals surface area (Å²) in [6.07, 6.45) is 2.96. The molecule has 1 aromatic heterocycles. The second-order valence-electron chi connectivity index (χ2n) is 4.69. The Labute approximate surface area is 107 Å². The molecule has 0 spiro atoms.